The fraction of sp³-hybridized carbons (Fsp3) is 0.273. The number of aromatic nitrogens is 1. The van der Waals surface area contributed by atoms with Crippen LogP contribution in [-0.2, 0) is 10.0 Å². The van der Waals surface area contributed by atoms with Gasteiger partial charge in [-0.05, 0) is 68.1 Å². The third-order valence-corrected chi connectivity index (χ3v) is 7.06. The topological polar surface area (TPSA) is 125 Å². The highest BCUT2D eigenvalue weighted by molar-refractivity contribution is 7.89. The van der Waals surface area contributed by atoms with Crippen LogP contribution >= 0.6 is 11.3 Å². The van der Waals surface area contributed by atoms with Crippen LogP contribution in [0.2, 0.25) is 0 Å². The van der Waals surface area contributed by atoms with E-state index in [9.17, 15) is 8.42 Å². The zero-order chi connectivity index (χ0) is 23.3. The van der Waals surface area contributed by atoms with Gasteiger partial charge in [0.25, 0.3) is 0 Å². The van der Waals surface area contributed by atoms with E-state index in [0.717, 1.165) is 18.7 Å². The summed E-state index contributed by atoms with van der Waals surface area (Å²) >= 11 is 1.32. The predicted octanol–water partition coefficient (Wildman–Crippen LogP) is 4.95. The van der Waals surface area contributed by atoms with E-state index in [2.05, 4.69) is 54.9 Å². The zero-order valence-corrected chi connectivity index (χ0v) is 19.8. The molecule has 0 saturated carbocycles. The molecule has 0 spiro atoms. The molecule has 4 rings (SSSR count). The number of nitrogens with two attached hydrogens (primary N) is 1. The standard InChI is InChI=1S/C22H25N7O2S2/c1-16-21(27-26-18-7-11-20(12-8-18)33(23,30)31)32-22(25-16)28-24-15-17-5-9-19(10-6-17)29-13-3-2-4-14-29/h5-12,15H,2-4,13-14H2,1H3,(H,25,28)(H2,23,30,31). The van der Waals surface area contributed by atoms with Crippen molar-refractivity contribution in [2.24, 2.45) is 20.5 Å². The molecule has 1 saturated heterocycles. The Hall–Kier alpha value is -3.15. The van der Waals surface area contributed by atoms with Gasteiger partial charge in [0.2, 0.25) is 15.2 Å². The van der Waals surface area contributed by atoms with Crippen molar-refractivity contribution >= 4 is 49.1 Å². The van der Waals surface area contributed by atoms with Crippen LogP contribution in [0.1, 0.15) is 30.5 Å². The van der Waals surface area contributed by atoms with Crippen molar-refractivity contribution in [3.05, 3.63) is 59.8 Å². The normalized spacial score (nSPS) is 14.9. The first-order valence-corrected chi connectivity index (χ1v) is 12.9. The first-order chi connectivity index (χ1) is 15.9. The highest BCUT2D eigenvalue weighted by Gasteiger charge is 2.10. The lowest BCUT2D eigenvalue weighted by atomic mass is 10.1. The largest absolute Gasteiger partial charge is 0.372 e. The summed E-state index contributed by atoms with van der Waals surface area (Å²) in [5.41, 5.74) is 6.42. The number of hydrogen-bond acceptors (Lipinski definition) is 9. The quantitative estimate of drug-likeness (QED) is 0.279. The first-order valence-electron chi connectivity index (χ1n) is 10.5. The second-order valence-electron chi connectivity index (χ2n) is 7.66. The van der Waals surface area contributed by atoms with Gasteiger partial charge in [0, 0.05) is 18.8 Å². The lowest BCUT2D eigenvalue weighted by molar-refractivity contribution is 0.578. The number of azo groups is 1. The maximum absolute atomic E-state index is 11.3. The van der Waals surface area contributed by atoms with E-state index in [0.29, 0.717) is 21.5 Å². The Morgan fingerprint density at radius 1 is 1.03 bits per heavy atom. The number of benzene rings is 2. The molecule has 2 heterocycles. The van der Waals surface area contributed by atoms with Crippen molar-refractivity contribution in [2.75, 3.05) is 23.4 Å². The molecule has 1 aliphatic heterocycles. The summed E-state index contributed by atoms with van der Waals surface area (Å²) in [5.74, 6) is 0. The molecule has 1 aliphatic rings. The number of thiazole rings is 1. The molecule has 0 atom stereocenters. The van der Waals surface area contributed by atoms with Crippen LogP contribution in [0, 0.1) is 6.92 Å². The Balaban J connectivity index is 1.35. The number of hydrazone groups is 1. The Morgan fingerprint density at radius 2 is 1.73 bits per heavy atom. The summed E-state index contributed by atoms with van der Waals surface area (Å²) in [5, 5.41) is 19.0. The minimum Gasteiger partial charge on any atom is -0.372 e. The smallest absolute Gasteiger partial charge is 0.238 e. The zero-order valence-electron chi connectivity index (χ0n) is 18.2. The number of anilines is 2. The van der Waals surface area contributed by atoms with Gasteiger partial charge in [0.1, 0.15) is 0 Å². The molecule has 0 radical (unpaired) electrons. The molecule has 11 heteroatoms. The molecule has 0 aliphatic carbocycles. The van der Waals surface area contributed by atoms with E-state index in [-0.39, 0.29) is 4.90 Å². The van der Waals surface area contributed by atoms with E-state index in [1.165, 1.54) is 48.4 Å². The lowest BCUT2D eigenvalue weighted by Crippen LogP contribution is -2.29. The summed E-state index contributed by atoms with van der Waals surface area (Å²) in [4.78, 5) is 6.86. The van der Waals surface area contributed by atoms with Gasteiger partial charge in [0.15, 0.2) is 5.00 Å². The minimum atomic E-state index is -3.73. The second-order valence-corrected chi connectivity index (χ2v) is 10.2. The van der Waals surface area contributed by atoms with E-state index in [4.69, 9.17) is 5.14 Å². The lowest BCUT2D eigenvalue weighted by Gasteiger charge is -2.28. The summed E-state index contributed by atoms with van der Waals surface area (Å²) in [7, 11) is -3.73. The Bertz CT molecular complexity index is 1240. The van der Waals surface area contributed by atoms with Gasteiger partial charge in [-0.2, -0.15) is 5.10 Å². The monoisotopic (exact) mass is 483 g/mol. The van der Waals surface area contributed by atoms with Crippen LogP contribution in [0.3, 0.4) is 0 Å². The number of primary sulfonamides is 1. The van der Waals surface area contributed by atoms with Crippen molar-refractivity contribution in [3.63, 3.8) is 0 Å². The molecule has 2 aromatic carbocycles. The first kappa shape index (κ1) is 23.0. The molecule has 1 fully saturated rings. The molecular formula is C22H25N7O2S2. The Morgan fingerprint density at radius 3 is 2.39 bits per heavy atom. The number of sulfonamides is 1. The van der Waals surface area contributed by atoms with Gasteiger partial charge in [-0.15, -0.1) is 10.2 Å². The molecule has 3 N–H and O–H groups in total. The fourth-order valence-electron chi connectivity index (χ4n) is 3.42. The van der Waals surface area contributed by atoms with Crippen LogP contribution in [0.25, 0.3) is 0 Å². The SMILES string of the molecule is Cc1nc(NN=Cc2ccc(N3CCCCC3)cc2)sc1N=Nc1ccc(S(N)(=O)=O)cc1. The van der Waals surface area contributed by atoms with Crippen molar-refractivity contribution in [1.82, 2.24) is 4.98 Å². The maximum atomic E-state index is 11.3. The molecule has 33 heavy (non-hydrogen) atoms. The summed E-state index contributed by atoms with van der Waals surface area (Å²) < 4.78 is 22.7. The highest BCUT2D eigenvalue weighted by Crippen LogP contribution is 2.32. The number of nitrogens with one attached hydrogen (secondary N) is 1. The van der Waals surface area contributed by atoms with E-state index in [1.54, 1.807) is 18.3 Å². The second kappa shape index (κ2) is 10.2. The summed E-state index contributed by atoms with van der Waals surface area (Å²) in [6.07, 6.45) is 5.59. The number of hydrogen-bond donors (Lipinski definition) is 2. The summed E-state index contributed by atoms with van der Waals surface area (Å²) in [6.45, 7) is 4.08. The number of rotatable bonds is 7. The highest BCUT2D eigenvalue weighted by atomic mass is 32.2. The average Bonchev–Trinajstić information content (AvgIpc) is 3.17. The predicted molar refractivity (Wildman–Crippen MR) is 133 cm³/mol. The maximum Gasteiger partial charge on any atom is 0.238 e. The Kier molecular flexibility index (Phi) is 7.11. The minimum absolute atomic E-state index is 0.0286. The summed E-state index contributed by atoms with van der Waals surface area (Å²) in [6, 6.07) is 14.3. The molecule has 9 nitrogen and oxygen atoms in total. The van der Waals surface area contributed by atoms with Crippen molar-refractivity contribution < 1.29 is 8.42 Å². The molecule has 172 valence electrons. The van der Waals surface area contributed by atoms with Crippen molar-refractivity contribution in [1.29, 1.82) is 0 Å². The molecule has 0 unspecified atom stereocenters. The van der Waals surface area contributed by atoms with Crippen molar-refractivity contribution in [2.45, 2.75) is 31.1 Å². The fourth-order valence-corrected chi connectivity index (χ4v) is 4.67. The molecule has 3 aromatic rings. The molecule has 0 amide bonds. The van der Waals surface area contributed by atoms with Crippen LogP contribution < -0.4 is 15.5 Å². The number of piperidine rings is 1. The van der Waals surface area contributed by atoms with Crippen LogP contribution in [0.4, 0.5) is 21.5 Å². The Labute approximate surface area is 197 Å². The molecule has 1 aromatic heterocycles. The average molecular weight is 484 g/mol. The van der Waals surface area contributed by atoms with Crippen LogP contribution in [0.5, 0.6) is 0 Å². The third kappa shape index (κ3) is 6.21. The van der Waals surface area contributed by atoms with E-state index in [1.807, 2.05) is 6.92 Å². The number of nitrogens with zero attached hydrogens (tertiary/aromatic N) is 5. The van der Waals surface area contributed by atoms with Gasteiger partial charge in [0.05, 0.1) is 22.5 Å². The van der Waals surface area contributed by atoms with Crippen LogP contribution in [-0.4, -0.2) is 32.7 Å². The van der Waals surface area contributed by atoms with E-state index >= 15 is 0 Å². The third-order valence-electron chi connectivity index (χ3n) is 5.18. The van der Waals surface area contributed by atoms with Gasteiger partial charge >= 0.3 is 0 Å². The number of aryl methyl sites for hydroxylation is 1. The van der Waals surface area contributed by atoms with Crippen molar-refractivity contribution in [3.8, 4) is 0 Å². The molecular weight excluding hydrogens is 458 g/mol. The van der Waals surface area contributed by atoms with Gasteiger partial charge in [-0.3, -0.25) is 5.43 Å². The van der Waals surface area contributed by atoms with E-state index < -0.39 is 10.0 Å². The van der Waals surface area contributed by atoms with Gasteiger partial charge in [-0.25, -0.2) is 18.5 Å². The van der Waals surface area contributed by atoms with Crippen LogP contribution in [0.15, 0.2) is 68.8 Å². The molecule has 0 bridgehead atoms. The van der Waals surface area contributed by atoms with Gasteiger partial charge in [-0.1, -0.05) is 23.5 Å². The van der Waals surface area contributed by atoms with Gasteiger partial charge < -0.3 is 4.90 Å².